The summed E-state index contributed by atoms with van der Waals surface area (Å²) in [7, 11) is 0. The van der Waals surface area contributed by atoms with Crippen molar-refractivity contribution in [3.05, 3.63) is 34.6 Å². The van der Waals surface area contributed by atoms with E-state index in [2.05, 4.69) is 0 Å². The molecule has 0 amide bonds. The van der Waals surface area contributed by atoms with Crippen LogP contribution in [-0.4, -0.2) is 17.7 Å². The fourth-order valence-corrected chi connectivity index (χ4v) is 1.63. The summed E-state index contributed by atoms with van der Waals surface area (Å²) in [6.45, 7) is 2.26. The van der Waals surface area contributed by atoms with Crippen molar-refractivity contribution in [1.82, 2.24) is 0 Å². The van der Waals surface area contributed by atoms with E-state index in [1.165, 1.54) is 12.1 Å². The second kappa shape index (κ2) is 7.34. The molecule has 1 aromatic rings. The summed E-state index contributed by atoms with van der Waals surface area (Å²) < 4.78 is 18.3. The fourth-order valence-electron chi connectivity index (χ4n) is 1.47. The zero-order valence-electron chi connectivity index (χ0n) is 10.2. The molecule has 0 heterocycles. The predicted molar refractivity (Wildman–Crippen MR) is 66.9 cm³/mol. The Labute approximate surface area is 111 Å². The summed E-state index contributed by atoms with van der Waals surface area (Å²) in [5.74, 6) is -0.956. The van der Waals surface area contributed by atoms with E-state index in [9.17, 15) is 14.3 Å². The van der Waals surface area contributed by atoms with Crippen molar-refractivity contribution in [2.24, 2.45) is 0 Å². The molecule has 1 unspecified atom stereocenters. The average Bonchev–Trinajstić information content (AvgIpc) is 2.33. The second-order valence-corrected chi connectivity index (χ2v) is 4.38. The molecular weight excluding hydrogens is 259 g/mol. The van der Waals surface area contributed by atoms with Crippen LogP contribution in [0.15, 0.2) is 18.2 Å². The molecule has 0 radical (unpaired) electrons. The highest BCUT2D eigenvalue weighted by molar-refractivity contribution is 6.30. The lowest BCUT2D eigenvalue weighted by atomic mass is 10.0. The number of rotatable bonds is 6. The first-order valence-corrected chi connectivity index (χ1v) is 6.21. The maximum Gasteiger partial charge on any atom is 0.305 e. The monoisotopic (exact) mass is 274 g/mol. The van der Waals surface area contributed by atoms with E-state index in [1.54, 1.807) is 0 Å². The highest BCUT2D eigenvalue weighted by atomic mass is 35.5. The molecule has 3 nitrogen and oxygen atoms in total. The van der Waals surface area contributed by atoms with Gasteiger partial charge in [0, 0.05) is 17.0 Å². The molecule has 0 aliphatic heterocycles. The van der Waals surface area contributed by atoms with Gasteiger partial charge in [0.15, 0.2) is 0 Å². The van der Waals surface area contributed by atoms with Gasteiger partial charge in [0.25, 0.3) is 0 Å². The maximum atomic E-state index is 13.5. The number of aliphatic hydroxyl groups excluding tert-OH is 1. The smallest absolute Gasteiger partial charge is 0.305 e. The van der Waals surface area contributed by atoms with Crippen LogP contribution >= 0.6 is 11.6 Å². The minimum Gasteiger partial charge on any atom is -0.466 e. The van der Waals surface area contributed by atoms with Gasteiger partial charge >= 0.3 is 5.97 Å². The highest BCUT2D eigenvalue weighted by Gasteiger charge is 2.15. The van der Waals surface area contributed by atoms with Crippen molar-refractivity contribution >= 4 is 17.6 Å². The van der Waals surface area contributed by atoms with Crippen LogP contribution < -0.4 is 0 Å². The summed E-state index contributed by atoms with van der Waals surface area (Å²) in [5, 5.41) is 10.0. The summed E-state index contributed by atoms with van der Waals surface area (Å²) in [6.07, 6.45) is -0.0961. The van der Waals surface area contributed by atoms with Crippen LogP contribution in [0.2, 0.25) is 5.02 Å². The quantitative estimate of drug-likeness (QED) is 0.810. The van der Waals surface area contributed by atoms with Crippen molar-refractivity contribution in [2.45, 2.75) is 32.3 Å². The van der Waals surface area contributed by atoms with Crippen molar-refractivity contribution in [2.75, 3.05) is 6.61 Å². The predicted octanol–water partition coefficient (Wildman–Crippen LogP) is 3.25. The molecule has 100 valence electrons. The van der Waals surface area contributed by atoms with Gasteiger partial charge in [-0.2, -0.15) is 0 Å². The number of carbonyl (C=O) groups is 1. The minimum atomic E-state index is -1.03. The lowest BCUT2D eigenvalue weighted by Crippen LogP contribution is -2.08. The van der Waals surface area contributed by atoms with E-state index in [0.717, 1.165) is 12.5 Å². The summed E-state index contributed by atoms with van der Waals surface area (Å²) in [4.78, 5) is 11.2. The normalized spacial score (nSPS) is 12.2. The minimum absolute atomic E-state index is 0.0588. The Bertz CT molecular complexity index is 409. The number of aliphatic hydroxyl groups is 1. The molecule has 1 N–H and O–H groups in total. The first-order valence-electron chi connectivity index (χ1n) is 5.83. The van der Waals surface area contributed by atoms with Gasteiger partial charge in [0.1, 0.15) is 5.82 Å². The summed E-state index contributed by atoms with van der Waals surface area (Å²) >= 11 is 5.61. The number of halogens is 2. The summed E-state index contributed by atoms with van der Waals surface area (Å²) in [5.41, 5.74) is 0.141. The summed E-state index contributed by atoms with van der Waals surface area (Å²) in [6, 6.07) is 4.05. The zero-order valence-corrected chi connectivity index (χ0v) is 10.9. The third-order valence-corrected chi connectivity index (χ3v) is 2.65. The molecule has 0 spiro atoms. The molecule has 1 atom stereocenters. The number of carbonyl (C=O) groups excluding carboxylic acids is 1. The van der Waals surface area contributed by atoms with Crippen LogP contribution in [0.4, 0.5) is 4.39 Å². The molecule has 1 aromatic carbocycles. The largest absolute Gasteiger partial charge is 0.466 e. The Morgan fingerprint density at radius 1 is 1.56 bits per heavy atom. The van der Waals surface area contributed by atoms with Crippen molar-refractivity contribution < 1.29 is 19.0 Å². The Kier molecular flexibility index (Phi) is 6.09. The first-order chi connectivity index (χ1) is 8.54. The van der Waals surface area contributed by atoms with E-state index in [-0.39, 0.29) is 29.4 Å². The number of ether oxygens (including phenoxy) is 1. The van der Waals surface area contributed by atoms with Gasteiger partial charge in [-0.3, -0.25) is 4.79 Å². The van der Waals surface area contributed by atoms with E-state index in [0.29, 0.717) is 6.61 Å². The average molecular weight is 275 g/mol. The molecule has 0 aliphatic carbocycles. The molecule has 0 fully saturated rings. The Hall–Kier alpha value is -1.13. The van der Waals surface area contributed by atoms with E-state index >= 15 is 0 Å². The molecule has 0 saturated carbocycles. The maximum absolute atomic E-state index is 13.5. The number of benzene rings is 1. The fraction of sp³-hybridized carbons (Fsp3) is 0.462. The van der Waals surface area contributed by atoms with Gasteiger partial charge in [-0.1, -0.05) is 24.6 Å². The van der Waals surface area contributed by atoms with Gasteiger partial charge in [-0.25, -0.2) is 4.39 Å². The van der Waals surface area contributed by atoms with Crippen LogP contribution in [-0.2, 0) is 9.53 Å². The van der Waals surface area contributed by atoms with Crippen LogP contribution in [0.5, 0.6) is 0 Å². The van der Waals surface area contributed by atoms with Gasteiger partial charge in [0.05, 0.1) is 12.7 Å². The number of hydrogen-bond acceptors (Lipinski definition) is 3. The Morgan fingerprint density at radius 2 is 2.28 bits per heavy atom. The van der Waals surface area contributed by atoms with Crippen LogP contribution in [0.3, 0.4) is 0 Å². The molecular formula is C13H16ClFO3. The van der Waals surface area contributed by atoms with Crippen LogP contribution in [0.1, 0.15) is 37.9 Å². The van der Waals surface area contributed by atoms with Gasteiger partial charge in [0.2, 0.25) is 0 Å². The first kappa shape index (κ1) is 14.9. The van der Waals surface area contributed by atoms with Gasteiger partial charge < -0.3 is 9.84 Å². The Balaban J connectivity index is 2.50. The topological polar surface area (TPSA) is 46.5 Å². The zero-order chi connectivity index (χ0) is 13.5. The lowest BCUT2D eigenvalue weighted by molar-refractivity contribution is -0.144. The van der Waals surface area contributed by atoms with Crippen molar-refractivity contribution in [1.29, 1.82) is 0 Å². The molecule has 0 saturated heterocycles. The van der Waals surface area contributed by atoms with E-state index in [4.69, 9.17) is 16.3 Å². The van der Waals surface area contributed by atoms with Crippen molar-refractivity contribution in [3.63, 3.8) is 0 Å². The highest BCUT2D eigenvalue weighted by Crippen LogP contribution is 2.24. The van der Waals surface area contributed by atoms with Crippen molar-refractivity contribution in [3.8, 4) is 0 Å². The molecule has 0 aliphatic rings. The SMILES string of the molecule is CCCOC(=O)CCC(O)c1ccc(Cl)cc1F. The van der Waals surface area contributed by atoms with E-state index < -0.39 is 11.9 Å². The standard InChI is InChI=1S/C13H16ClFO3/c1-2-7-18-13(17)6-5-12(16)10-4-3-9(14)8-11(10)15/h3-4,8,12,16H,2,5-7H2,1H3. The Morgan fingerprint density at radius 3 is 2.89 bits per heavy atom. The van der Waals surface area contributed by atoms with Crippen LogP contribution in [0, 0.1) is 5.82 Å². The van der Waals surface area contributed by atoms with Gasteiger partial charge in [-0.05, 0) is 25.0 Å². The number of hydrogen-bond donors (Lipinski definition) is 1. The van der Waals surface area contributed by atoms with Crippen LogP contribution in [0.25, 0.3) is 0 Å². The number of esters is 1. The third-order valence-electron chi connectivity index (χ3n) is 2.41. The molecule has 5 heteroatoms. The lowest BCUT2D eigenvalue weighted by Gasteiger charge is -2.11. The molecule has 0 bridgehead atoms. The van der Waals surface area contributed by atoms with E-state index in [1.807, 2.05) is 6.92 Å². The third kappa shape index (κ3) is 4.63. The molecule has 18 heavy (non-hydrogen) atoms. The molecule has 1 rings (SSSR count). The second-order valence-electron chi connectivity index (χ2n) is 3.94. The van der Waals surface area contributed by atoms with Gasteiger partial charge in [-0.15, -0.1) is 0 Å². The molecule has 0 aromatic heterocycles.